The maximum absolute atomic E-state index is 5.59. The topological polar surface area (TPSA) is 52.9 Å². The van der Waals surface area contributed by atoms with Crippen molar-refractivity contribution in [3.8, 4) is 33.8 Å². The van der Waals surface area contributed by atoms with Gasteiger partial charge in [-0.15, -0.1) is 11.3 Å². The molecule has 6 heterocycles. The quantitative estimate of drug-likeness (QED) is 0.183. The van der Waals surface area contributed by atoms with Gasteiger partial charge in [-0.2, -0.15) is 0 Å². The van der Waals surface area contributed by atoms with Crippen molar-refractivity contribution in [3.63, 3.8) is 0 Å². The number of thiophene rings is 1. The maximum Gasteiger partial charge on any atom is 0.220 e. The molecule has 0 N–H and O–H groups in total. The highest BCUT2D eigenvalue weighted by Gasteiger charge is 2.24. The minimum atomic E-state index is 0.833. The first kappa shape index (κ1) is 29.5. The molecule has 6 nitrogen and oxygen atoms in total. The molecule has 0 saturated carbocycles. The average Bonchev–Trinajstić information content (AvgIpc) is 3.98. The Balaban J connectivity index is 1.16. The highest BCUT2D eigenvalue weighted by molar-refractivity contribution is 7.26. The highest BCUT2D eigenvalue weighted by atomic mass is 32.1. The first-order valence-corrected chi connectivity index (χ1v) is 18.8. The number of aromatic nitrogens is 6. The summed E-state index contributed by atoms with van der Waals surface area (Å²) < 4.78 is 9.39. The predicted molar refractivity (Wildman–Crippen MR) is 223 cm³/mol. The molecule has 0 unspecified atom stereocenters. The molecule has 0 saturated heterocycles. The van der Waals surface area contributed by atoms with Crippen molar-refractivity contribution in [2.75, 3.05) is 0 Å². The van der Waals surface area contributed by atoms with E-state index in [-0.39, 0.29) is 0 Å². The molecule has 0 aliphatic heterocycles. The van der Waals surface area contributed by atoms with Crippen molar-refractivity contribution in [1.29, 1.82) is 0 Å². The van der Waals surface area contributed by atoms with Crippen LogP contribution in [0.4, 0.5) is 0 Å². The third-order valence-electron chi connectivity index (χ3n) is 10.8. The van der Waals surface area contributed by atoms with Gasteiger partial charge in [-0.3, -0.25) is 18.9 Å². The monoisotopic (exact) mass is 708 g/mol. The van der Waals surface area contributed by atoms with Gasteiger partial charge in [0.15, 0.2) is 0 Å². The second-order valence-electron chi connectivity index (χ2n) is 13.7. The number of para-hydroxylation sites is 3. The Morgan fingerprint density at radius 2 is 1.24 bits per heavy atom. The van der Waals surface area contributed by atoms with Crippen LogP contribution in [0.2, 0.25) is 0 Å². The summed E-state index contributed by atoms with van der Waals surface area (Å²) in [7, 11) is 0. The molecule has 0 amide bonds. The number of nitrogens with zero attached hydrogens (tertiary/aromatic N) is 6. The van der Waals surface area contributed by atoms with Gasteiger partial charge in [-0.25, -0.2) is 4.98 Å². The molecule has 7 heteroatoms. The van der Waals surface area contributed by atoms with E-state index in [9.17, 15) is 0 Å². The third-order valence-corrected chi connectivity index (χ3v) is 12.0. The Bertz CT molecular complexity index is 3460. The molecule has 0 atom stereocenters. The molecule has 0 aliphatic rings. The zero-order valence-electron chi connectivity index (χ0n) is 28.8. The fourth-order valence-corrected chi connectivity index (χ4v) is 9.76. The van der Waals surface area contributed by atoms with Gasteiger partial charge >= 0.3 is 0 Å². The van der Waals surface area contributed by atoms with Gasteiger partial charge < -0.3 is 4.57 Å². The molecular weight excluding hydrogens is 681 g/mol. The standard InChI is InChI=1S/C47H28N6S/c1-2-12-29(13-3-1)51-37-19-9-7-16-32(37)35-22-23-40-44(45(35)51)50-47-52(41-28-48-26-25-39(41)53(40)47)38-20-10-6-15-31(38)30-14-4-5-18-34(30)43-46-36(24-27-49-43)33-17-8-11-21-42(33)54-46/h1-28H. The van der Waals surface area contributed by atoms with Crippen LogP contribution >= 0.6 is 11.3 Å². The number of fused-ring (bicyclic) bond motifs is 12. The number of hydrogen-bond donors (Lipinski definition) is 0. The van der Waals surface area contributed by atoms with E-state index in [1.165, 1.54) is 30.9 Å². The lowest BCUT2D eigenvalue weighted by Gasteiger charge is -2.15. The summed E-state index contributed by atoms with van der Waals surface area (Å²) in [4.78, 5) is 15.3. The van der Waals surface area contributed by atoms with E-state index in [0.717, 1.165) is 72.6 Å². The summed E-state index contributed by atoms with van der Waals surface area (Å²) in [5, 5.41) is 4.88. The van der Waals surface area contributed by atoms with Gasteiger partial charge in [0.05, 0.1) is 49.9 Å². The molecule has 252 valence electrons. The lowest BCUT2D eigenvalue weighted by atomic mass is 9.95. The minimum absolute atomic E-state index is 0.833. The summed E-state index contributed by atoms with van der Waals surface area (Å²) in [6.45, 7) is 0. The zero-order chi connectivity index (χ0) is 35.3. The number of rotatable bonds is 4. The summed E-state index contributed by atoms with van der Waals surface area (Å²) in [6, 6.07) is 53.9. The van der Waals surface area contributed by atoms with E-state index >= 15 is 0 Å². The first-order valence-electron chi connectivity index (χ1n) is 18.0. The van der Waals surface area contributed by atoms with Crippen molar-refractivity contribution < 1.29 is 0 Å². The Morgan fingerprint density at radius 3 is 2.15 bits per heavy atom. The van der Waals surface area contributed by atoms with Crippen molar-refractivity contribution in [2.45, 2.75) is 0 Å². The van der Waals surface area contributed by atoms with Crippen LogP contribution in [-0.4, -0.2) is 28.5 Å². The molecule has 0 fully saturated rings. The van der Waals surface area contributed by atoms with Crippen molar-refractivity contribution in [2.24, 2.45) is 0 Å². The number of imidazole rings is 2. The molecule has 6 aromatic carbocycles. The van der Waals surface area contributed by atoms with Crippen LogP contribution in [0.25, 0.3) is 104 Å². The molecule has 12 aromatic rings. The second kappa shape index (κ2) is 11.2. The van der Waals surface area contributed by atoms with E-state index in [2.05, 4.69) is 170 Å². The predicted octanol–water partition coefficient (Wildman–Crippen LogP) is 12.0. The minimum Gasteiger partial charge on any atom is -0.307 e. The molecule has 6 aromatic heterocycles. The van der Waals surface area contributed by atoms with Gasteiger partial charge in [-0.1, -0.05) is 97.1 Å². The van der Waals surface area contributed by atoms with E-state index in [0.29, 0.717) is 0 Å². The van der Waals surface area contributed by atoms with Gasteiger partial charge in [-0.05, 0) is 60.2 Å². The lowest BCUT2D eigenvalue weighted by molar-refractivity contribution is 1.11. The molecule has 0 aliphatic carbocycles. The molecular formula is C47H28N6S. The molecule has 0 radical (unpaired) electrons. The summed E-state index contributed by atoms with van der Waals surface area (Å²) in [6.07, 6.45) is 5.77. The highest BCUT2D eigenvalue weighted by Crippen LogP contribution is 2.44. The van der Waals surface area contributed by atoms with Gasteiger partial charge in [0.2, 0.25) is 5.78 Å². The fourth-order valence-electron chi connectivity index (χ4n) is 8.56. The molecule has 0 spiro atoms. The Labute approximate surface area is 312 Å². The van der Waals surface area contributed by atoms with Crippen LogP contribution in [0.15, 0.2) is 170 Å². The molecule has 0 bridgehead atoms. The SMILES string of the molecule is c1ccc(-n2c3ccccc3c3ccc4c(nc5n(-c6ccccc6-c6ccccc6-c6nccc7c6sc6ccccc67)c6cnccc6n45)c32)cc1. The third kappa shape index (κ3) is 4.01. The van der Waals surface area contributed by atoms with Crippen LogP contribution in [-0.2, 0) is 0 Å². The largest absolute Gasteiger partial charge is 0.307 e. The maximum atomic E-state index is 5.59. The van der Waals surface area contributed by atoms with Crippen molar-refractivity contribution >= 4 is 81.2 Å². The average molecular weight is 709 g/mol. The van der Waals surface area contributed by atoms with Gasteiger partial charge in [0.25, 0.3) is 0 Å². The molecule has 12 rings (SSSR count). The van der Waals surface area contributed by atoms with Gasteiger partial charge in [0, 0.05) is 55.5 Å². The summed E-state index contributed by atoms with van der Waals surface area (Å²) in [5.41, 5.74) is 12.7. The van der Waals surface area contributed by atoms with E-state index in [4.69, 9.17) is 9.97 Å². The lowest BCUT2D eigenvalue weighted by Crippen LogP contribution is -1.99. The van der Waals surface area contributed by atoms with Crippen molar-refractivity contribution in [3.05, 3.63) is 170 Å². The van der Waals surface area contributed by atoms with E-state index in [1.54, 1.807) is 11.3 Å². The number of pyridine rings is 2. The zero-order valence-corrected chi connectivity index (χ0v) is 29.6. The van der Waals surface area contributed by atoms with Crippen LogP contribution in [0, 0.1) is 0 Å². The van der Waals surface area contributed by atoms with Crippen LogP contribution in [0.5, 0.6) is 0 Å². The van der Waals surface area contributed by atoms with Crippen LogP contribution in [0.1, 0.15) is 0 Å². The van der Waals surface area contributed by atoms with Crippen molar-refractivity contribution in [1.82, 2.24) is 28.5 Å². The van der Waals surface area contributed by atoms with Crippen LogP contribution in [0.3, 0.4) is 0 Å². The Kier molecular flexibility index (Phi) is 6.12. The number of hydrogen-bond acceptors (Lipinski definition) is 4. The fraction of sp³-hybridized carbons (Fsp3) is 0. The Hall–Kier alpha value is -7.09. The second-order valence-corrected chi connectivity index (χ2v) is 14.7. The Morgan fingerprint density at radius 1 is 0.481 bits per heavy atom. The van der Waals surface area contributed by atoms with Crippen LogP contribution < -0.4 is 0 Å². The van der Waals surface area contributed by atoms with Gasteiger partial charge in [0.1, 0.15) is 5.52 Å². The first-order chi connectivity index (χ1) is 26.8. The molecule has 54 heavy (non-hydrogen) atoms. The summed E-state index contributed by atoms with van der Waals surface area (Å²) >= 11 is 1.81. The summed E-state index contributed by atoms with van der Waals surface area (Å²) in [5.74, 6) is 0.833. The van der Waals surface area contributed by atoms with E-state index in [1.807, 2.05) is 18.6 Å². The smallest absolute Gasteiger partial charge is 0.220 e. The number of benzene rings is 6. The van der Waals surface area contributed by atoms with E-state index < -0.39 is 0 Å². The normalized spacial score (nSPS) is 12.1.